The van der Waals surface area contributed by atoms with E-state index in [1.165, 1.54) is 20.8 Å². The third-order valence-electron chi connectivity index (χ3n) is 2.38. The van der Waals surface area contributed by atoms with Gasteiger partial charge in [0.1, 0.15) is 0 Å². The van der Waals surface area contributed by atoms with Crippen molar-refractivity contribution in [3.05, 3.63) is 34.9 Å². The molecular formula is C18H30N4O9. The minimum Gasteiger partial charge on any atom is -0.478 e. The monoisotopic (exact) mass is 446 g/mol. The predicted octanol–water partition coefficient (Wildman–Crippen LogP) is -1.14. The van der Waals surface area contributed by atoms with E-state index in [-0.39, 0.29) is 16.7 Å². The number of aliphatic carboxylic acids is 3. The number of primary amides is 3. The largest absolute Gasteiger partial charge is 0.478 e. The van der Waals surface area contributed by atoms with Gasteiger partial charge < -0.3 is 38.3 Å². The zero-order chi connectivity index (χ0) is 25.7. The quantitative estimate of drug-likeness (QED) is 0.231. The van der Waals surface area contributed by atoms with Gasteiger partial charge in [0.15, 0.2) is 0 Å². The molecule has 176 valence electrons. The van der Waals surface area contributed by atoms with Crippen LogP contribution in [0.2, 0.25) is 0 Å². The molecule has 0 radical (unpaired) electrons. The van der Waals surface area contributed by atoms with Crippen molar-refractivity contribution in [2.75, 3.05) is 6.54 Å². The van der Waals surface area contributed by atoms with Gasteiger partial charge in [0.05, 0.1) is 0 Å². The van der Waals surface area contributed by atoms with Gasteiger partial charge >= 0.3 is 17.9 Å². The molecule has 11 N–H and O–H groups in total. The van der Waals surface area contributed by atoms with E-state index in [9.17, 15) is 28.8 Å². The highest BCUT2D eigenvalue weighted by Gasteiger charge is 2.00. The molecule has 0 fully saturated rings. The highest BCUT2D eigenvalue weighted by atomic mass is 16.4. The molecule has 0 unspecified atom stereocenters. The molecule has 0 aliphatic carbocycles. The van der Waals surface area contributed by atoms with Crippen LogP contribution < -0.4 is 22.9 Å². The first kappa shape index (κ1) is 34.5. The lowest BCUT2D eigenvalue weighted by Crippen LogP contribution is -2.09. The molecular weight excluding hydrogens is 416 g/mol. The summed E-state index contributed by atoms with van der Waals surface area (Å²) in [6.07, 6.45) is 3.69. The summed E-state index contributed by atoms with van der Waals surface area (Å²) in [5.74, 6) is -5.61. The second kappa shape index (κ2) is 20.7. The normalized spacial score (nSPS) is 10.5. The van der Waals surface area contributed by atoms with E-state index in [0.717, 1.165) is 31.2 Å². The van der Waals surface area contributed by atoms with Crippen LogP contribution >= 0.6 is 0 Å². The Morgan fingerprint density at radius 1 is 0.613 bits per heavy atom. The Morgan fingerprint density at radius 3 is 0.806 bits per heavy atom. The maximum absolute atomic E-state index is 10.00. The van der Waals surface area contributed by atoms with Crippen LogP contribution in [-0.4, -0.2) is 57.5 Å². The van der Waals surface area contributed by atoms with Crippen LogP contribution in [0.3, 0.4) is 0 Å². The van der Waals surface area contributed by atoms with E-state index >= 15 is 0 Å². The third kappa shape index (κ3) is 34.0. The topological polar surface area (TPSA) is 267 Å². The van der Waals surface area contributed by atoms with Crippen LogP contribution in [0.4, 0.5) is 0 Å². The summed E-state index contributed by atoms with van der Waals surface area (Å²) in [6, 6.07) is 0. The number of hydrogen-bond donors (Lipinski definition) is 7. The van der Waals surface area contributed by atoms with Crippen LogP contribution in [0.1, 0.15) is 34.1 Å². The number of carbonyl (C=O) groups is 6. The minimum atomic E-state index is -1.13. The number of carboxylic acid groups (broad SMARTS) is 3. The first-order chi connectivity index (χ1) is 14.0. The van der Waals surface area contributed by atoms with Gasteiger partial charge in [-0.15, -0.1) is 0 Å². The Bertz CT molecular complexity index is 641. The SMILES string of the molecule is C/C(=C/C(N)=O)C(=O)O.C/C(=C/C(N)=O)C(=O)O.C/C(=C/C(N)=O)C(=O)O.CCCN. The third-order valence-corrected chi connectivity index (χ3v) is 2.38. The van der Waals surface area contributed by atoms with Crippen molar-refractivity contribution in [2.45, 2.75) is 34.1 Å². The Hall–Kier alpha value is -4.00. The number of nitrogens with two attached hydrogens (primary N) is 4. The summed E-state index contributed by atoms with van der Waals surface area (Å²) in [5, 5.41) is 24.5. The van der Waals surface area contributed by atoms with Crippen molar-refractivity contribution in [1.29, 1.82) is 0 Å². The maximum atomic E-state index is 10.00. The molecule has 0 aromatic carbocycles. The second-order valence-corrected chi connectivity index (χ2v) is 5.39. The molecule has 0 aromatic heterocycles. The zero-order valence-corrected chi connectivity index (χ0v) is 17.7. The van der Waals surface area contributed by atoms with Gasteiger partial charge in [0.25, 0.3) is 0 Å². The average Bonchev–Trinajstić information content (AvgIpc) is 2.61. The summed E-state index contributed by atoms with van der Waals surface area (Å²) in [5.41, 5.74) is 18.8. The molecule has 0 aliphatic heterocycles. The maximum Gasteiger partial charge on any atom is 0.331 e. The number of carbonyl (C=O) groups excluding carboxylic acids is 3. The van der Waals surface area contributed by atoms with Gasteiger partial charge in [-0.25, -0.2) is 14.4 Å². The van der Waals surface area contributed by atoms with E-state index in [1.54, 1.807) is 0 Å². The fourth-order valence-electron chi connectivity index (χ4n) is 0.825. The first-order valence-electron chi connectivity index (χ1n) is 8.36. The molecule has 0 saturated carbocycles. The molecule has 3 amide bonds. The lowest BCUT2D eigenvalue weighted by molar-refractivity contribution is -0.133. The first-order valence-corrected chi connectivity index (χ1v) is 8.36. The van der Waals surface area contributed by atoms with Gasteiger partial charge in [-0.2, -0.15) is 0 Å². The fourth-order valence-corrected chi connectivity index (χ4v) is 0.825. The van der Waals surface area contributed by atoms with Crippen LogP contribution in [0.25, 0.3) is 0 Å². The summed E-state index contributed by atoms with van der Waals surface area (Å²) >= 11 is 0. The van der Waals surface area contributed by atoms with E-state index < -0.39 is 35.6 Å². The molecule has 13 nitrogen and oxygen atoms in total. The summed E-state index contributed by atoms with van der Waals surface area (Å²) in [6.45, 7) is 6.77. The molecule has 0 saturated heterocycles. The van der Waals surface area contributed by atoms with Gasteiger partial charge in [-0.1, -0.05) is 6.92 Å². The molecule has 0 aromatic rings. The van der Waals surface area contributed by atoms with Gasteiger partial charge in [0, 0.05) is 34.9 Å². The fraction of sp³-hybridized carbons (Fsp3) is 0.333. The number of rotatable bonds is 7. The Labute approximate surface area is 179 Å². The molecule has 0 rings (SSSR count). The highest BCUT2D eigenvalue weighted by molar-refractivity contribution is 5.97. The average molecular weight is 446 g/mol. The molecule has 0 spiro atoms. The minimum absolute atomic E-state index is 0.0532. The predicted molar refractivity (Wildman–Crippen MR) is 111 cm³/mol. The lowest BCUT2D eigenvalue weighted by Gasteiger charge is -1.87. The highest BCUT2D eigenvalue weighted by Crippen LogP contribution is 1.90. The van der Waals surface area contributed by atoms with E-state index in [0.29, 0.717) is 0 Å². The molecule has 0 heterocycles. The van der Waals surface area contributed by atoms with Crippen LogP contribution in [0.5, 0.6) is 0 Å². The smallest absolute Gasteiger partial charge is 0.331 e. The van der Waals surface area contributed by atoms with Crippen LogP contribution in [0, 0.1) is 0 Å². The summed E-state index contributed by atoms with van der Waals surface area (Å²) in [4.78, 5) is 59.9. The number of amides is 3. The second-order valence-electron chi connectivity index (χ2n) is 5.39. The van der Waals surface area contributed by atoms with Crippen molar-refractivity contribution in [1.82, 2.24) is 0 Å². The zero-order valence-electron chi connectivity index (χ0n) is 17.7. The van der Waals surface area contributed by atoms with E-state index in [1.807, 2.05) is 0 Å². The molecule has 0 bridgehead atoms. The molecule has 13 heteroatoms. The van der Waals surface area contributed by atoms with Crippen LogP contribution in [0.15, 0.2) is 34.9 Å². The van der Waals surface area contributed by atoms with Crippen molar-refractivity contribution in [2.24, 2.45) is 22.9 Å². The Kier molecular flexibility index (Phi) is 23.1. The van der Waals surface area contributed by atoms with E-state index in [2.05, 4.69) is 24.1 Å². The summed E-state index contributed by atoms with van der Waals surface area (Å²) < 4.78 is 0. The van der Waals surface area contributed by atoms with Crippen molar-refractivity contribution in [3.8, 4) is 0 Å². The van der Waals surface area contributed by atoms with Gasteiger partial charge in [0.2, 0.25) is 17.7 Å². The van der Waals surface area contributed by atoms with E-state index in [4.69, 9.17) is 21.1 Å². The molecule has 31 heavy (non-hydrogen) atoms. The molecule has 0 atom stereocenters. The van der Waals surface area contributed by atoms with Crippen molar-refractivity contribution >= 4 is 35.6 Å². The Balaban J connectivity index is -0.000000162. The molecule has 0 aliphatic rings. The van der Waals surface area contributed by atoms with Crippen molar-refractivity contribution in [3.63, 3.8) is 0 Å². The van der Waals surface area contributed by atoms with Crippen LogP contribution in [-0.2, 0) is 28.8 Å². The van der Waals surface area contributed by atoms with Gasteiger partial charge in [-0.05, 0) is 33.7 Å². The number of carboxylic acids is 3. The Morgan fingerprint density at radius 2 is 0.774 bits per heavy atom. The number of hydrogen-bond acceptors (Lipinski definition) is 7. The van der Waals surface area contributed by atoms with Gasteiger partial charge in [-0.3, -0.25) is 14.4 Å². The lowest BCUT2D eigenvalue weighted by atomic mass is 10.3. The standard InChI is InChI=1S/3C5H7NO3.C3H9N/c3*1-3(5(8)9)2-4(6)7;1-2-3-4/h3*2H,1H3,(H2,6,7)(H,8,9);2-4H2,1H3/b3*3-2-;. The van der Waals surface area contributed by atoms with Crippen molar-refractivity contribution < 1.29 is 44.1 Å². The summed E-state index contributed by atoms with van der Waals surface area (Å²) in [7, 11) is 0.